The average Bonchev–Trinajstić information content (AvgIpc) is 2.38. The van der Waals surface area contributed by atoms with Crippen LogP contribution in [0, 0.1) is 5.92 Å². The molecule has 0 saturated heterocycles. The molecule has 1 unspecified atom stereocenters. The first-order valence-corrected chi connectivity index (χ1v) is 6.73. The lowest BCUT2D eigenvalue weighted by molar-refractivity contribution is -0.119. The maximum atomic E-state index is 11.8. The summed E-state index contributed by atoms with van der Waals surface area (Å²) >= 11 is 0. The molecule has 3 N–H and O–H groups in total. The van der Waals surface area contributed by atoms with Crippen molar-refractivity contribution < 1.29 is 14.3 Å². The maximum Gasteiger partial charge on any atom is 0.251 e. The Balaban J connectivity index is 2.53. The third-order valence-electron chi connectivity index (χ3n) is 2.85. The van der Waals surface area contributed by atoms with E-state index in [0.29, 0.717) is 18.1 Å². The van der Waals surface area contributed by atoms with Crippen LogP contribution in [0.2, 0.25) is 0 Å². The van der Waals surface area contributed by atoms with E-state index in [2.05, 4.69) is 19.2 Å². The molecule has 0 fully saturated rings. The first-order valence-electron chi connectivity index (χ1n) is 6.73. The molecule has 1 aromatic rings. The number of carbonyl (C=O) groups excluding carboxylic acids is 2. The minimum absolute atomic E-state index is 0.329. The number of rotatable bonds is 7. The van der Waals surface area contributed by atoms with Gasteiger partial charge in [0.15, 0.2) is 0 Å². The second-order valence-electron chi connectivity index (χ2n) is 5.15. The molecule has 1 rings (SSSR count). The number of hydrogen-bond donors (Lipinski definition) is 2. The second kappa shape index (κ2) is 7.53. The number of hydrogen-bond acceptors (Lipinski definition) is 3. The molecule has 1 aromatic carbocycles. The highest BCUT2D eigenvalue weighted by Crippen LogP contribution is 2.13. The molecular weight excluding hydrogens is 256 g/mol. The zero-order valence-corrected chi connectivity index (χ0v) is 12.2. The van der Waals surface area contributed by atoms with Crippen LogP contribution < -0.4 is 15.8 Å². The van der Waals surface area contributed by atoms with Gasteiger partial charge in [-0.15, -0.1) is 0 Å². The Kier molecular flexibility index (Phi) is 6.03. The number of amides is 2. The van der Waals surface area contributed by atoms with Gasteiger partial charge < -0.3 is 15.8 Å². The molecule has 0 aromatic heterocycles. The van der Waals surface area contributed by atoms with Gasteiger partial charge in [-0.2, -0.15) is 0 Å². The van der Waals surface area contributed by atoms with Crippen molar-refractivity contribution in [3.8, 4) is 5.75 Å². The lowest BCUT2D eigenvalue weighted by Crippen LogP contribution is -2.42. The molecule has 1 atom stereocenters. The number of primary amides is 1. The first kappa shape index (κ1) is 16.0. The maximum absolute atomic E-state index is 11.8. The largest absolute Gasteiger partial charge is 0.494 e. The van der Waals surface area contributed by atoms with Crippen molar-refractivity contribution in [2.45, 2.75) is 33.2 Å². The first-order chi connectivity index (χ1) is 9.40. The van der Waals surface area contributed by atoms with Crippen LogP contribution in [0.5, 0.6) is 5.75 Å². The van der Waals surface area contributed by atoms with Gasteiger partial charge in [-0.3, -0.25) is 9.59 Å². The van der Waals surface area contributed by atoms with Crippen LogP contribution in [-0.4, -0.2) is 24.5 Å². The standard InChI is InChI=1S/C15H22N2O3/c1-10(2)8-9-20-13-6-4-12(5-7-13)15(19)17-11(3)14(16)18/h4-7,10-11H,8-9H2,1-3H3,(H2,16,18)(H,17,19). The molecule has 2 amide bonds. The van der Waals surface area contributed by atoms with Crippen molar-refractivity contribution in [3.05, 3.63) is 29.8 Å². The number of ether oxygens (including phenoxy) is 1. The summed E-state index contributed by atoms with van der Waals surface area (Å²) in [7, 11) is 0. The fourth-order valence-electron chi connectivity index (χ4n) is 1.47. The van der Waals surface area contributed by atoms with Gasteiger partial charge in [-0.05, 0) is 43.5 Å². The molecule has 110 valence electrons. The van der Waals surface area contributed by atoms with Gasteiger partial charge in [-0.25, -0.2) is 0 Å². The SMILES string of the molecule is CC(C)CCOc1ccc(C(=O)NC(C)C(N)=O)cc1. The summed E-state index contributed by atoms with van der Waals surface area (Å²) in [5, 5.41) is 2.52. The topological polar surface area (TPSA) is 81.4 Å². The summed E-state index contributed by atoms with van der Waals surface area (Å²) in [6, 6.07) is 6.11. The molecule has 0 saturated carbocycles. The molecule has 0 bridgehead atoms. The van der Waals surface area contributed by atoms with Gasteiger partial charge in [0.25, 0.3) is 5.91 Å². The number of carbonyl (C=O) groups is 2. The van der Waals surface area contributed by atoms with Crippen LogP contribution in [0.15, 0.2) is 24.3 Å². The molecular formula is C15H22N2O3. The Labute approximate surface area is 119 Å². The highest BCUT2D eigenvalue weighted by atomic mass is 16.5. The average molecular weight is 278 g/mol. The van der Waals surface area contributed by atoms with E-state index in [0.717, 1.165) is 12.2 Å². The quantitative estimate of drug-likeness (QED) is 0.796. The van der Waals surface area contributed by atoms with Crippen LogP contribution >= 0.6 is 0 Å². The van der Waals surface area contributed by atoms with Crippen molar-refractivity contribution >= 4 is 11.8 Å². The highest BCUT2D eigenvalue weighted by molar-refractivity contribution is 5.97. The Morgan fingerprint density at radius 2 is 1.80 bits per heavy atom. The Bertz CT molecular complexity index is 455. The minimum atomic E-state index is -0.690. The Hall–Kier alpha value is -2.04. The smallest absolute Gasteiger partial charge is 0.251 e. The lowest BCUT2D eigenvalue weighted by atomic mass is 10.1. The predicted octanol–water partition coefficient (Wildman–Crippen LogP) is 1.72. The number of benzene rings is 1. The van der Waals surface area contributed by atoms with Gasteiger partial charge in [0.1, 0.15) is 11.8 Å². The third-order valence-corrected chi connectivity index (χ3v) is 2.85. The van der Waals surface area contributed by atoms with E-state index >= 15 is 0 Å². The molecule has 20 heavy (non-hydrogen) atoms. The summed E-state index contributed by atoms with van der Waals surface area (Å²) < 4.78 is 5.57. The summed E-state index contributed by atoms with van der Waals surface area (Å²) in [6.07, 6.45) is 0.984. The minimum Gasteiger partial charge on any atom is -0.494 e. The van der Waals surface area contributed by atoms with Gasteiger partial charge in [0.2, 0.25) is 5.91 Å². The van der Waals surface area contributed by atoms with Gasteiger partial charge in [0, 0.05) is 5.56 Å². The van der Waals surface area contributed by atoms with Gasteiger partial charge in [-0.1, -0.05) is 13.8 Å². The Morgan fingerprint density at radius 1 is 1.20 bits per heavy atom. The second-order valence-corrected chi connectivity index (χ2v) is 5.15. The monoisotopic (exact) mass is 278 g/mol. The van der Waals surface area contributed by atoms with E-state index < -0.39 is 11.9 Å². The van der Waals surface area contributed by atoms with Crippen molar-refractivity contribution in [2.24, 2.45) is 11.7 Å². The van der Waals surface area contributed by atoms with Gasteiger partial charge in [0.05, 0.1) is 6.61 Å². The molecule has 0 aliphatic rings. The van der Waals surface area contributed by atoms with Crippen molar-refractivity contribution in [1.82, 2.24) is 5.32 Å². The van der Waals surface area contributed by atoms with Crippen LogP contribution in [0.4, 0.5) is 0 Å². The molecule has 5 heteroatoms. The summed E-state index contributed by atoms with van der Waals surface area (Å²) in [4.78, 5) is 22.7. The molecule has 5 nitrogen and oxygen atoms in total. The van der Waals surface area contributed by atoms with E-state index in [9.17, 15) is 9.59 Å². The zero-order valence-electron chi connectivity index (χ0n) is 12.2. The van der Waals surface area contributed by atoms with E-state index in [4.69, 9.17) is 10.5 Å². The Morgan fingerprint density at radius 3 is 2.30 bits per heavy atom. The van der Waals surface area contributed by atoms with Crippen LogP contribution in [0.3, 0.4) is 0 Å². The van der Waals surface area contributed by atoms with E-state index in [-0.39, 0.29) is 5.91 Å². The van der Waals surface area contributed by atoms with Crippen LogP contribution in [-0.2, 0) is 4.79 Å². The predicted molar refractivity (Wildman–Crippen MR) is 77.5 cm³/mol. The third kappa shape index (κ3) is 5.30. The number of nitrogens with one attached hydrogen (secondary N) is 1. The fourth-order valence-corrected chi connectivity index (χ4v) is 1.47. The zero-order chi connectivity index (χ0) is 15.1. The normalized spacial score (nSPS) is 12.0. The summed E-state index contributed by atoms with van der Waals surface area (Å²) in [6.45, 7) is 6.47. The summed E-state index contributed by atoms with van der Waals surface area (Å²) in [5.74, 6) is 0.428. The van der Waals surface area contributed by atoms with E-state index in [1.165, 1.54) is 0 Å². The molecule has 0 aliphatic carbocycles. The van der Waals surface area contributed by atoms with Crippen LogP contribution in [0.1, 0.15) is 37.6 Å². The van der Waals surface area contributed by atoms with E-state index in [1.807, 2.05) is 0 Å². The number of nitrogens with two attached hydrogens (primary N) is 1. The van der Waals surface area contributed by atoms with Gasteiger partial charge >= 0.3 is 0 Å². The molecule has 0 aliphatic heterocycles. The summed E-state index contributed by atoms with van der Waals surface area (Å²) in [5.41, 5.74) is 5.56. The fraction of sp³-hybridized carbons (Fsp3) is 0.467. The van der Waals surface area contributed by atoms with Crippen molar-refractivity contribution in [2.75, 3.05) is 6.61 Å². The molecule has 0 heterocycles. The molecule has 0 spiro atoms. The van der Waals surface area contributed by atoms with Crippen LogP contribution in [0.25, 0.3) is 0 Å². The molecule has 0 radical (unpaired) electrons. The van der Waals surface area contributed by atoms with Crippen molar-refractivity contribution in [1.29, 1.82) is 0 Å². The lowest BCUT2D eigenvalue weighted by Gasteiger charge is -2.11. The van der Waals surface area contributed by atoms with E-state index in [1.54, 1.807) is 31.2 Å². The highest BCUT2D eigenvalue weighted by Gasteiger charge is 2.13. The van der Waals surface area contributed by atoms with Crippen molar-refractivity contribution in [3.63, 3.8) is 0 Å².